The second-order valence-electron chi connectivity index (χ2n) is 6.99. The van der Waals surface area contributed by atoms with Gasteiger partial charge in [-0.05, 0) is 43.3 Å². The van der Waals surface area contributed by atoms with Crippen molar-refractivity contribution in [1.82, 2.24) is 15.5 Å². The summed E-state index contributed by atoms with van der Waals surface area (Å²) >= 11 is 1.68. The van der Waals surface area contributed by atoms with Crippen molar-refractivity contribution >= 4 is 42.1 Å². The molecule has 9 heteroatoms. The lowest BCUT2D eigenvalue weighted by atomic mass is 9.97. The van der Waals surface area contributed by atoms with Crippen LogP contribution >= 0.6 is 36.2 Å². The summed E-state index contributed by atoms with van der Waals surface area (Å²) in [6, 6.07) is 3.44. The van der Waals surface area contributed by atoms with Gasteiger partial charge in [0.2, 0.25) is 5.91 Å². The Morgan fingerprint density at radius 1 is 1.42 bits per heavy atom. The molecule has 1 amide bonds. The van der Waals surface area contributed by atoms with Gasteiger partial charge in [-0.2, -0.15) is 0 Å². The number of likely N-dealkylation sites (tertiary alicyclic amines) is 1. The van der Waals surface area contributed by atoms with E-state index in [-0.39, 0.29) is 36.8 Å². The molecule has 26 heavy (non-hydrogen) atoms. The number of hydrogen-bond acceptors (Lipinski definition) is 4. The van der Waals surface area contributed by atoms with Crippen LogP contribution in [-0.4, -0.2) is 49.0 Å². The van der Waals surface area contributed by atoms with Crippen LogP contribution in [0.2, 0.25) is 0 Å². The van der Waals surface area contributed by atoms with E-state index in [0.717, 1.165) is 31.8 Å². The second kappa shape index (κ2) is 10.2. The van der Waals surface area contributed by atoms with Crippen molar-refractivity contribution < 1.29 is 13.6 Å². The van der Waals surface area contributed by atoms with Crippen LogP contribution in [-0.2, 0) is 4.79 Å². The van der Waals surface area contributed by atoms with Crippen molar-refractivity contribution in [3.8, 4) is 0 Å². The van der Waals surface area contributed by atoms with Gasteiger partial charge < -0.3 is 5.32 Å². The van der Waals surface area contributed by atoms with Crippen molar-refractivity contribution in [2.45, 2.75) is 44.2 Å². The fraction of sp³-hybridized carbons (Fsp3) is 0.706. The molecule has 1 aromatic heterocycles. The zero-order valence-corrected chi connectivity index (χ0v) is 17.2. The molecule has 2 saturated heterocycles. The summed E-state index contributed by atoms with van der Waals surface area (Å²) in [4.78, 5) is 15.8. The zero-order valence-electron chi connectivity index (χ0n) is 14.7. The molecular weight excluding hydrogens is 403 g/mol. The maximum atomic E-state index is 13.3. The lowest BCUT2D eigenvalue weighted by Crippen LogP contribution is -2.46. The van der Waals surface area contributed by atoms with Crippen LogP contribution in [0.15, 0.2) is 17.5 Å². The molecule has 3 heterocycles. The van der Waals surface area contributed by atoms with Gasteiger partial charge in [-0.1, -0.05) is 13.0 Å². The van der Waals surface area contributed by atoms with E-state index in [1.165, 1.54) is 4.88 Å². The normalized spacial score (nSPS) is 24.3. The van der Waals surface area contributed by atoms with Crippen LogP contribution in [0.4, 0.5) is 8.78 Å². The van der Waals surface area contributed by atoms with Crippen LogP contribution < -0.4 is 10.6 Å². The lowest BCUT2D eigenvalue weighted by Gasteiger charge is -2.36. The minimum atomic E-state index is -2.78. The van der Waals surface area contributed by atoms with E-state index in [0.29, 0.717) is 6.54 Å². The minimum Gasteiger partial charge on any atom is -0.353 e. The molecule has 0 aliphatic carbocycles. The Morgan fingerprint density at radius 3 is 2.65 bits per heavy atom. The summed E-state index contributed by atoms with van der Waals surface area (Å²) in [7, 11) is 0. The zero-order chi connectivity index (χ0) is 17.2. The number of rotatable bonds is 5. The predicted octanol–water partition coefficient (Wildman–Crippen LogP) is 3.48. The summed E-state index contributed by atoms with van der Waals surface area (Å²) < 4.78 is 26.5. The van der Waals surface area contributed by atoms with Crippen LogP contribution in [0, 0.1) is 5.92 Å². The number of alkyl halides is 2. The van der Waals surface area contributed by atoms with Crippen molar-refractivity contribution in [3.63, 3.8) is 0 Å². The number of nitrogens with zero attached hydrogens (tertiary/aromatic N) is 1. The Balaban J connectivity index is 0.00000169. The molecule has 2 aliphatic heterocycles. The van der Waals surface area contributed by atoms with Gasteiger partial charge >= 0.3 is 0 Å². The van der Waals surface area contributed by atoms with Crippen molar-refractivity contribution in [2.75, 3.05) is 26.2 Å². The van der Waals surface area contributed by atoms with Crippen molar-refractivity contribution in [1.29, 1.82) is 0 Å². The molecule has 0 aromatic carbocycles. The number of carbonyl (C=O) groups excluding carboxylic acids is 1. The third kappa shape index (κ3) is 6.02. The van der Waals surface area contributed by atoms with Crippen LogP contribution in [0.5, 0.6) is 0 Å². The van der Waals surface area contributed by atoms with Crippen molar-refractivity contribution in [3.05, 3.63) is 22.4 Å². The van der Waals surface area contributed by atoms with Gasteiger partial charge in [-0.15, -0.1) is 36.2 Å². The highest BCUT2D eigenvalue weighted by Gasteiger charge is 2.42. The Bertz CT molecular complexity index is 554. The van der Waals surface area contributed by atoms with Gasteiger partial charge in [0.15, 0.2) is 0 Å². The molecule has 1 aromatic rings. The molecule has 2 aliphatic rings. The maximum Gasteiger partial charge on any atom is 0.262 e. The molecule has 150 valence electrons. The van der Waals surface area contributed by atoms with E-state index in [4.69, 9.17) is 0 Å². The average Bonchev–Trinajstić information content (AvgIpc) is 3.18. The number of amides is 1. The standard InChI is InChI=1S/C17H25F2N3OS.2ClH/c1-12-4-6-22(7-5-12)14(15-3-2-8-24-15)10-20-16(23)13-9-17(18,19)11-21-13;;/h2-3,8,12-14,21H,4-7,9-11H2,1H3,(H,20,23);2*1H. The topological polar surface area (TPSA) is 44.4 Å². The van der Waals surface area contributed by atoms with E-state index in [9.17, 15) is 13.6 Å². The van der Waals surface area contributed by atoms with Gasteiger partial charge in [0, 0.05) is 17.8 Å². The summed E-state index contributed by atoms with van der Waals surface area (Å²) in [6.07, 6.45) is 1.90. The molecule has 0 bridgehead atoms. The quantitative estimate of drug-likeness (QED) is 0.752. The first-order valence-electron chi connectivity index (χ1n) is 8.61. The molecule has 2 fully saturated rings. The first-order valence-corrected chi connectivity index (χ1v) is 9.49. The third-order valence-corrected chi connectivity index (χ3v) is 6.00. The fourth-order valence-corrected chi connectivity index (χ4v) is 4.31. The highest BCUT2D eigenvalue weighted by atomic mass is 35.5. The smallest absolute Gasteiger partial charge is 0.262 e. The first kappa shape index (κ1) is 23.6. The van der Waals surface area contributed by atoms with E-state index in [2.05, 4.69) is 28.5 Å². The van der Waals surface area contributed by atoms with Gasteiger partial charge in [0.05, 0.1) is 18.6 Å². The number of thiophene rings is 1. The number of hydrogen-bond donors (Lipinski definition) is 2. The maximum absolute atomic E-state index is 13.3. The number of halogens is 4. The van der Waals surface area contributed by atoms with E-state index >= 15 is 0 Å². The average molecular weight is 430 g/mol. The lowest BCUT2D eigenvalue weighted by molar-refractivity contribution is -0.123. The molecule has 3 rings (SSSR count). The fourth-order valence-electron chi connectivity index (χ4n) is 3.45. The predicted molar refractivity (Wildman–Crippen MR) is 106 cm³/mol. The first-order chi connectivity index (χ1) is 11.4. The summed E-state index contributed by atoms with van der Waals surface area (Å²) in [5, 5.41) is 7.54. The summed E-state index contributed by atoms with van der Waals surface area (Å²) in [5.41, 5.74) is 0. The molecule has 2 unspecified atom stereocenters. The summed E-state index contributed by atoms with van der Waals surface area (Å²) in [5.74, 6) is -2.36. The highest BCUT2D eigenvalue weighted by Crippen LogP contribution is 2.29. The molecule has 0 saturated carbocycles. The molecule has 0 radical (unpaired) electrons. The van der Waals surface area contributed by atoms with E-state index in [1.807, 2.05) is 11.4 Å². The SMILES string of the molecule is CC1CCN(C(CNC(=O)C2CC(F)(F)CN2)c2cccs2)CC1.Cl.Cl. The molecular formula is C17H27Cl2F2N3OS. The Morgan fingerprint density at radius 2 is 2.12 bits per heavy atom. The van der Waals surface area contributed by atoms with Crippen LogP contribution in [0.1, 0.15) is 37.1 Å². The van der Waals surface area contributed by atoms with Gasteiger partial charge in [-0.25, -0.2) is 8.78 Å². The van der Waals surface area contributed by atoms with E-state index < -0.39 is 24.9 Å². The molecule has 2 N–H and O–H groups in total. The monoisotopic (exact) mass is 429 g/mol. The molecule has 4 nitrogen and oxygen atoms in total. The van der Waals surface area contributed by atoms with Crippen molar-refractivity contribution in [2.24, 2.45) is 5.92 Å². The third-order valence-electron chi connectivity index (χ3n) is 5.03. The summed E-state index contributed by atoms with van der Waals surface area (Å²) in [6.45, 7) is 4.35. The molecule has 0 spiro atoms. The Hall–Kier alpha value is -0.470. The second-order valence-corrected chi connectivity index (χ2v) is 7.97. The van der Waals surface area contributed by atoms with Gasteiger partial charge in [-0.3, -0.25) is 15.0 Å². The number of piperidine rings is 1. The number of nitrogens with one attached hydrogen (secondary N) is 2. The van der Waals surface area contributed by atoms with Gasteiger partial charge in [0.25, 0.3) is 5.92 Å². The largest absolute Gasteiger partial charge is 0.353 e. The van der Waals surface area contributed by atoms with Gasteiger partial charge in [0.1, 0.15) is 0 Å². The Kier molecular flexibility index (Phi) is 9.23. The highest BCUT2D eigenvalue weighted by molar-refractivity contribution is 7.10. The van der Waals surface area contributed by atoms with E-state index in [1.54, 1.807) is 11.3 Å². The van der Waals surface area contributed by atoms with Crippen LogP contribution in [0.25, 0.3) is 0 Å². The minimum absolute atomic E-state index is 0. The van der Waals surface area contributed by atoms with Crippen LogP contribution in [0.3, 0.4) is 0 Å². The number of carbonyl (C=O) groups is 1. The Labute approximate surface area is 169 Å². The molecule has 2 atom stereocenters.